The van der Waals surface area contributed by atoms with Crippen molar-refractivity contribution in [2.75, 3.05) is 13.7 Å². The van der Waals surface area contributed by atoms with Crippen LogP contribution in [0.4, 0.5) is 0 Å². The second-order valence-corrected chi connectivity index (χ2v) is 8.24. The van der Waals surface area contributed by atoms with Gasteiger partial charge in [-0.05, 0) is 49.6 Å². The molecule has 0 saturated carbocycles. The van der Waals surface area contributed by atoms with Gasteiger partial charge in [0.15, 0.2) is 0 Å². The van der Waals surface area contributed by atoms with E-state index in [-0.39, 0.29) is 11.9 Å². The molecule has 0 aliphatic carbocycles. The highest BCUT2D eigenvalue weighted by Gasteiger charge is 2.17. The highest BCUT2D eigenvalue weighted by atomic mass is 16.5. The molecule has 1 N–H and O–H groups in total. The standard InChI is InChI=1S/C28H31N3O2/c1-21(22-13-5-3-6-14-22)31-25-17-10-9-16-24(25)30-27(31)19-7-4-12-20-29-28(32)23-15-8-11-18-26(23)33-2/h3,5-6,8-11,13-18,21H,4,7,12,19-20H2,1-2H3,(H,29,32). The molecule has 0 aliphatic heterocycles. The number of methoxy groups -OCH3 is 1. The number of amides is 1. The smallest absolute Gasteiger partial charge is 0.255 e. The number of aromatic nitrogens is 2. The van der Waals surface area contributed by atoms with Crippen molar-refractivity contribution < 1.29 is 9.53 Å². The molecule has 1 aromatic heterocycles. The van der Waals surface area contributed by atoms with Crippen LogP contribution in [-0.4, -0.2) is 29.1 Å². The number of fused-ring (bicyclic) bond motifs is 1. The summed E-state index contributed by atoms with van der Waals surface area (Å²) in [5, 5.41) is 3.01. The predicted molar refractivity (Wildman–Crippen MR) is 133 cm³/mol. The lowest BCUT2D eigenvalue weighted by Crippen LogP contribution is -2.24. The van der Waals surface area contributed by atoms with E-state index < -0.39 is 0 Å². The second kappa shape index (κ2) is 10.8. The van der Waals surface area contributed by atoms with Crippen molar-refractivity contribution in [2.24, 2.45) is 0 Å². The maximum absolute atomic E-state index is 12.4. The monoisotopic (exact) mass is 441 g/mol. The summed E-state index contributed by atoms with van der Waals surface area (Å²) >= 11 is 0. The van der Waals surface area contributed by atoms with Crippen LogP contribution in [0.3, 0.4) is 0 Å². The van der Waals surface area contributed by atoms with Gasteiger partial charge in [0.1, 0.15) is 11.6 Å². The highest BCUT2D eigenvalue weighted by Crippen LogP contribution is 2.27. The van der Waals surface area contributed by atoms with E-state index in [1.807, 2.05) is 18.2 Å². The quantitative estimate of drug-likeness (QED) is 0.317. The summed E-state index contributed by atoms with van der Waals surface area (Å²) in [4.78, 5) is 17.4. The van der Waals surface area contributed by atoms with Gasteiger partial charge in [-0.25, -0.2) is 4.98 Å². The number of unbranched alkanes of at least 4 members (excludes halogenated alkanes) is 2. The third kappa shape index (κ3) is 5.25. The van der Waals surface area contributed by atoms with Crippen molar-refractivity contribution in [1.82, 2.24) is 14.9 Å². The van der Waals surface area contributed by atoms with Gasteiger partial charge in [0.05, 0.1) is 29.7 Å². The molecule has 5 heteroatoms. The molecule has 4 aromatic rings. The van der Waals surface area contributed by atoms with Gasteiger partial charge >= 0.3 is 0 Å². The van der Waals surface area contributed by atoms with Crippen LogP contribution in [0.25, 0.3) is 11.0 Å². The number of para-hydroxylation sites is 3. The largest absolute Gasteiger partial charge is 0.496 e. The maximum atomic E-state index is 12.4. The number of nitrogens with zero attached hydrogens (tertiary/aromatic N) is 2. The molecule has 1 atom stereocenters. The van der Waals surface area contributed by atoms with E-state index in [0.717, 1.165) is 37.0 Å². The summed E-state index contributed by atoms with van der Waals surface area (Å²) in [7, 11) is 1.58. The number of imidazole rings is 1. The Morgan fingerprint density at radius 3 is 2.48 bits per heavy atom. The molecular weight excluding hydrogens is 410 g/mol. The van der Waals surface area contributed by atoms with Gasteiger partial charge in [-0.15, -0.1) is 0 Å². The Hall–Kier alpha value is -3.60. The van der Waals surface area contributed by atoms with E-state index >= 15 is 0 Å². The fourth-order valence-corrected chi connectivity index (χ4v) is 4.30. The van der Waals surface area contributed by atoms with Crippen LogP contribution in [0, 0.1) is 0 Å². The molecule has 170 valence electrons. The van der Waals surface area contributed by atoms with Crippen LogP contribution >= 0.6 is 0 Å². The van der Waals surface area contributed by atoms with Crippen molar-refractivity contribution in [1.29, 1.82) is 0 Å². The van der Waals surface area contributed by atoms with E-state index in [4.69, 9.17) is 9.72 Å². The van der Waals surface area contributed by atoms with Crippen LogP contribution in [0.5, 0.6) is 5.75 Å². The number of carbonyl (C=O) groups is 1. The van der Waals surface area contributed by atoms with Gasteiger partial charge in [0.2, 0.25) is 0 Å². The van der Waals surface area contributed by atoms with Crippen molar-refractivity contribution in [3.63, 3.8) is 0 Å². The zero-order chi connectivity index (χ0) is 23.0. The molecule has 5 nitrogen and oxygen atoms in total. The van der Waals surface area contributed by atoms with Crippen molar-refractivity contribution in [3.8, 4) is 5.75 Å². The summed E-state index contributed by atoms with van der Waals surface area (Å²) in [6.45, 7) is 2.88. The third-order valence-electron chi connectivity index (χ3n) is 6.05. The molecule has 0 bridgehead atoms. The number of carbonyl (C=O) groups excluding carboxylic acids is 1. The van der Waals surface area contributed by atoms with Gasteiger partial charge in [-0.2, -0.15) is 0 Å². The Bertz CT molecular complexity index is 1200. The number of hydrogen-bond donors (Lipinski definition) is 1. The van der Waals surface area contributed by atoms with E-state index in [1.54, 1.807) is 19.2 Å². The molecule has 4 rings (SSSR count). The van der Waals surface area contributed by atoms with Gasteiger partial charge < -0.3 is 14.6 Å². The third-order valence-corrected chi connectivity index (χ3v) is 6.05. The first-order chi connectivity index (χ1) is 16.2. The van der Waals surface area contributed by atoms with Crippen molar-refractivity contribution in [2.45, 2.75) is 38.6 Å². The Labute approximate surface area is 195 Å². The molecule has 1 unspecified atom stereocenters. The molecule has 1 amide bonds. The lowest BCUT2D eigenvalue weighted by molar-refractivity contribution is 0.0950. The average Bonchev–Trinajstić information content (AvgIpc) is 3.24. The molecular formula is C28H31N3O2. The minimum atomic E-state index is -0.0917. The first-order valence-corrected chi connectivity index (χ1v) is 11.6. The SMILES string of the molecule is COc1ccccc1C(=O)NCCCCCc1nc2ccccc2n1C(C)c1ccccc1. The van der Waals surface area contributed by atoms with E-state index in [1.165, 1.54) is 11.1 Å². The fourth-order valence-electron chi connectivity index (χ4n) is 4.30. The van der Waals surface area contributed by atoms with Crippen LogP contribution in [0.1, 0.15) is 54.0 Å². The number of hydrogen-bond acceptors (Lipinski definition) is 3. The Morgan fingerprint density at radius 1 is 0.939 bits per heavy atom. The molecule has 33 heavy (non-hydrogen) atoms. The minimum absolute atomic E-state index is 0.0917. The summed E-state index contributed by atoms with van der Waals surface area (Å²) in [5.74, 6) is 1.62. The van der Waals surface area contributed by atoms with Gasteiger partial charge in [-0.3, -0.25) is 4.79 Å². The van der Waals surface area contributed by atoms with Crippen LogP contribution < -0.4 is 10.1 Å². The Kier molecular flexibility index (Phi) is 7.40. The number of aryl methyl sites for hydroxylation is 1. The topological polar surface area (TPSA) is 56.1 Å². The molecule has 0 radical (unpaired) electrons. The molecule has 0 aliphatic rings. The van der Waals surface area contributed by atoms with Crippen molar-refractivity contribution in [3.05, 3.63) is 95.8 Å². The zero-order valence-electron chi connectivity index (χ0n) is 19.3. The predicted octanol–water partition coefficient (Wildman–Crippen LogP) is 5.80. The van der Waals surface area contributed by atoms with Crippen LogP contribution in [0.15, 0.2) is 78.9 Å². The molecule has 0 spiro atoms. The minimum Gasteiger partial charge on any atom is -0.496 e. The van der Waals surface area contributed by atoms with Crippen LogP contribution in [0.2, 0.25) is 0 Å². The summed E-state index contributed by atoms with van der Waals surface area (Å²) in [5.41, 5.74) is 4.07. The highest BCUT2D eigenvalue weighted by molar-refractivity contribution is 5.96. The van der Waals surface area contributed by atoms with Crippen molar-refractivity contribution >= 4 is 16.9 Å². The normalized spacial score (nSPS) is 11.9. The number of rotatable bonds is 10. The average molecular weight is 442 g/mol. The van der Waals surface area contributed by atoms with E-state index in [2.05, 4.69) is 65.3 Å². The molecule has 3 aromatic carbocycles. The molecule has 0 saturated heterocycles. The lowest BCUT2D eigenvalue weighted by atomic mass is 10.1. The summed E-state index contributed by atoms with van der Waals surface area (Å²) in [6.07, 6.45) is 3.88. The Morgan fingerprint density at radius 2 is 1.67 bits per heavy atom. The van der Waals surface area contributed by atoms with Gasteiger partial charge in [0, 0.05) is 13.0 Å². The fraction of sp³-hybridized carbons (Fsp3) is 0.286. The number of benzene rings is 3. The van der Waals surface area contributed by atoms with Gasteiger partial charge in [-0.1, -0.05) is 61.0 Å². The molecule has 1 heterocycles. The molecule has 0 fully saturated rings. The first kappa shape index (κ1) is 22.6. The Balaban J connectivity index is 1.35. The van der Waals surface area contributed by atoms with E-state index in [9.17, 15) is 4.79 Å². The summed E-state index contributed by atoms with van der Waals surface area (Å²) in [6, 6.07) is 26.4. The maximum Gasteiger partial charge on any atom is 0.255 e. The van der Waals surface area contributed by atoms with Crippen LogP contribution in [-0.2, 0) is 6.42 Å². The zero-order valence-corrected chi connectivity index (χ0v) is 19.3. The number of ether oxygens (including phenoxy) is 1. The number of nitrogens with one attached hydrogen (secondary N) is 1. The summed E-state index contributed by atoms with van der Waals surface area (Å²) < 4.78 is 7.65. The van der Waals surface area contributed by atoms with E-state index in [0.29, 0.717) is 17.9 Å². The lowest BCUT2D eigenvalue weighted by Gasteiger charge is -2.18. The second-order valence-electron chi connectivity index (χ2n) is 8.24. The van der Waals surface area contributed by atoms with Gasteiger partial charge in [0.25, 0.3) is 5.91 Å². The first-order valence-electron chi connectivity index (χ1n) is 11.6.